The second kappa shape index (κ2) is 5.86. The standard InChI is InChI=1S/C17H25N3O2/c1-9(14-7-12-4-5-13(14)6-12)19-16(21)8-15-10(2)18-11(3)20-17(15)22/h9,12-14H,4-8H2,1-3H3,(H,19,21)(H,18,20,22)/t9-,12-,13-,14-/m0/s1. The Morgan fingerprint density at radius 3 is 2.73 bits per heavy atom. The number of aryl methyl sites for hydroxylation is 2. The monoisotopic (exact) mass is 303 g/mol. The third kappa shape index (κ3) is 2.94. The molecule has 0 unspecified atom stereocenters. The molecule has 2 fully saturated rings. The van der Waals surface area contributed by atoms with Gasteiger partial charge in [0.2, 0.25) is 5.91 Å². The van der Waals surface area contributed by atoms with E-state index in [0.29, 0.717) is 23.0 Å². The van der Waals surface area contributed by atoms with Crippen LogP contribution in [0.15, 0.2) is 4.79 Å². The van der Waals surface area contributed by atoms with Crippen molar-refractivity contribution in [1.29, 1.82) is 0 Å². The quantitative estimate of drug-likeness (QED) is 0.891. The Hall–Kier alpha value is -1.65. The Labute approximate surface area is 130 Å². The fourth-order valence-corrected chi connectivity index (χ4v) is 4.44. The van der Waals surface area contributed by atoms with Crippen molar-refractivity contribution in [3.8, 4) is 0 Å². The average Bonchev–Trinajstić information content (AvgIpc) is 3.05. The van der Waals surface area contributed by atoms with E-state index in [2.05, 4.69) is 22.2 Å². The van der Waals surface area contributed by atoms with Gasteiger partial charge in [0.15, 0.2) is 0 Å². The number of nitrogens with one attached hydrogen (secondary N) is 2. The summed E-state index contributed by atoms with van der Waals surface area (Å²) in [5, 5.41) is 3.10. The van der Waals surface area contributed by atoms with E-state index in [4.69, 9.17) is 0 Å². The maximum atomic E-state index is 12.3. The van der Waals surface area contributed by atoms with Crippen LogP contribution in [0.5, 0.6) is 0 Å². The molecule has 4 atom stereocenters. The minimum Gasteiger partial charge on any atom is -0.353 e. The van der Waals surface area contributed by atoms with Crippen molar-refractivity contribution < 1.29 is 4.79 Å². The van der Waals surface area contributed by atoms with Crippen LogP contribution in [0.1, 0.15) is 49.7 Å². The highest BCUT2D eigenvalue weighted by Gasteiger charge is 2.42. The summed E-state index contributed by atoms with van der Waals surface area (Å²) in [7, 11) is 0. The summed E-state index contributed by atoms with van der Waals surface area (Å²) in [5.41, 5.74) is 0.917. The van der Waals surface area contributed by atoms with E-state index in [9.17, 15) is 9.59 Å². The molecule has 2 bridgehead atoms. The first-order chi connectivity index (χ1) is 10.4. The van der Waals surface area contributed by atoms with Gasteiger partial charge in [0.05, 0.1) is 6.42 Å². The molecule has 2 N–H and O–H groups in total. The number of amides is 1. The highest BCUT2D eigenvalue weighted by Crippen LogP contribution is 2.49. The smallest absolute Gasteiger partial charge is 0.254 e. The minimum absolute atomic E-state index is 0.0745. The molecule has 0 saturated heterocycles. The van der Waals surface area contributed by atoms with Crippen LogP contribution in [-0.4, -0.2) is 21.9 Å². The third-order valence-electron chi connectivity index (χ3n) is 5.50. The molecule has 3 rings (SSSR count). The van der Waals surface area contributed by atoms with E-state index >= 15 is 0 Å². The molecule has 120 valence electrons. The molecule has 1 aromatic rings. The van der Waals surface area contributed by atoms with Gasteiger partial charge in [-0.3, -0.25) is 9.59 Å². The Morgan fingerprint density at radius 2 is 2.14 bits per heavy atom. The van der Waals surface area contributed by atoms with Gasteiger partial charge in [0.1, 0.15) is 5.82 Å². The van der Waals surface area contributed by atoms with Gasteiger partial charge in [-0.25, -0.2) is 4.98 Å². The van der Waals surface area contributed by atoms with E-state index in [0.717, 1.165) is 11.8 Å². The summed E-state index contributed by atoms with van der Waals surface area (Å²) in [6, 6.07) is 0.195. The molecule has 0 aromatic carbocycles. The Kier molecular flexibility index (Phi) is 4.06. The Bertz CT molecular complexity index is 637. The lowest BCUT2D eigenvalue weighted by molar-refractivity contribution is -0.121. The second-order valence-electron chi connectivity index (χ2n) is 7.09. The predicted octanol–water partition coefficient (Wildman–Crippen LogP) is 1.87. The number of nitrogens with zero attached hydrogens (tertiary/aromatic N) is 1. The van der Waals surface area contributed by atoms with Gasteiger partial charge in [-0.1, -0.05) is 6.42 Å². The largest absolute Gasteiger partial charge is 0.353 e. The van der Waals surface area contributed by atoms with Crippen LogP contribution >= 0.6 is 0 Å². The molecule has 0 radical (unpaired) electrons. The van der Waals surface area contributed by atoms with Gasteiger partial charge in [-0.2, -0.15) is 0 Å². The van der Waals surface area contributed by atoms with E-state index in [1.165, 1.54) is 25.7 Å². The molecular weight excluding hydrogens is 278 g/mol. The van der Waals surface area contributed by atoms with E-state index in [1.54, 1.807) is 13.8 Å². The molecule has 0 spiro atoms. The Morgan fingerprint density at radius 1 is 1.36 bits per heavy atom. The summed E-state index contributed by atoms with van der Waals surface area (Å²) < 4.78 is 0. The number of H-pyrrole nitrogens is 1. The van der Waals surface area contributed by atoms with E-state index < -0.39 is 0 Å². The van der Waals surface area contributed by atoms with Gasteiger partial charge in [0.25, 0.3) is 5.56 Å². The van der Waals surface area contributed by atoms with Crippen molar-refractivity contribution in [2.75, 3.05) is 0 Å². The zero-order valence-corrected chi connectivity index (χ0v) is 13.6. The van der Waals surface area contributed by atoms with Gasteiger partial charge in [-0.15, -0.1) is 0 Å². The normalized spacial score (nSPS) is 27.9. The van der Waals surface area contributed by atoms with E-state index in [-0.39, 0.29) is 23.9 Å². The molecule has 5 heteroatoms. The highest BCUT2D eigenvalue weighted by molar-refractivity contribution is 5.79. The number of fused-ring (bicyclic) bond motifs is 2. The predicted molar refractivity (Wildman–Crippen MR) is 84.6 cm³/mol. The SMILES string of the molecule is Cc1nc(C)c(CC(=O)N[C@@H](C)[C@@H]2C[C@H]3CC[C@H]2C3)c(=O)[nH]1. The first kappa shape index (κ1) is 15.3. The minimum atomic E-state index is -0.201. The van der Waals surface area contributed by atoms with Crippen molar-refractivity contribution >= 4 is 5.91 Å². The number of hydrogen-bond donors (Lipinski definition) is 2. The Balaban J connectivity index is 1.62. The zero-order chi connectivity index (χ0) is 15.9. The van der Waals surface area contributed by atoms with Crippen LogP contribution < -0.4 is 10.9 Å². The topological polar surface area (TPSA) is 74.8 Å². The van der Waals surface area contributed by atoms with Crippen LogP contribution in [0.2, 0.25) is 0 Å². The van der Waals surface area contributed by atoms with Gasteiger partial charge >= 0.3 is 0 Å². The lowest BCUT2D eigenvalue weighted by Crippen LogP contribution is -2.41. The average molecular weight is 303 g/mol. The second-order valence-corrected chi connectivity index (χ2v) is 7.09. The lowest BCUT2D eigenvalue weighted by atomic mass is 9.84. The van der Waals surface area contributed by atoms with Crippen molar-refractivity contribution in [2.45, 2.75) is 58.9 Å². The molecule has 2 aliphatic carbocycles. The number of aromatic amines is 1. The number of aromatic nitrogens is 2. The molecule has 1 aromatic heterocycles. The molecule has 1 amide bonds. The van der Waals surface area contributed by atoms with Crippen molar-refractivity contribution in [3.05, 3.63) is 27.4 Å². The summed E-state index contributed by atoms with van der Waals surface area (Å²) in [6.07, 6.45) is 5.38. The molecular formula is C17H25N3O2. The van der Waals surface area contributed by atoms with Crippen LogP contribution in [0.25, 0.3) is 0 Å². The van der Waals surface area contributed by atoms with Crippen molar-refractivity contribution in [3.63, 3.8) is 0 Å². The first-order valence-corrected chi connectivity index (χ1v) is 8.29. The highest BCUT2D eigenvalue weighted by atomic mass is 16.2. The van der Waals surface area contributed by atoms with Crippen LogP contribution in [0.4, 0.5) is 0 Å². The van der Waals surface area contributed by atoms with Gasteiger partial charge < -0.3 is 10.3 Å². The van der Waals surface area contributed by atoms with Crippen LogP contribution in [0, 0.1) is 31.6 Å². The van der Waals surface area contributed by atoms with Gasteiger partial charge in [-0.05, 0) is 57.8 Å². The molecule has 1 heterocycles. The maximum absolute atomic E-state index is 12.3. The van der Waals surface area contributed by atoms with E-state index in [1.807, 2.05) is 0 Å². The fourth-order valence-electron chi connectivity index (χ4n) is 4.44. The van der Waals surface area contributed by atoms with Crippen LogP contribution in [-0.2, 0) is 11.2 Å². The molecule has 5 nitrogen and oxygen atoms in total. The number of carbonyl (C=O) groups is 1. The summed E-state index contributed by atoms with van der Waals surface area (Å²) in [4.78, 5) is 31.2. The van der Waals surface area contributed by atoms with Gasteiger partial charge in [0, 0.05) is 17.3 Å². The molecule has 2 aliphatic rings. The maximum Gasteiger partial charge on any atom is 0.254 e. The molecule has 0 aliphatic heterocycles. The third-order valence-corrected chi connectivity index (χ3v) is 5.50. The fraction of sp³-hybridized carbons (Fsp3) is 0.706. The summed E-state index contributed by atoms with van der Waals surface area (Å²) >= 11 is 0. The van der Waals surface area contributed by atoms with Crippen LogP contribution in [0.3, 0.4) is 0 Å². The number of carbonyl (C=O) groups excluding carboxylic acids is 1. The number of hydrogen-bond acceptors (Lipinski definition) is 3. The zero-order valence-electron chi connectivity index (χ0n) is 13.6. The summed E-state index contributed by atoms with van der Waals surface area (Å²) in [5.74, 6) is 2.78. The van der Waals surface area contributed by atoms with Crippen molar-refractivity contribution in [2.24, 2.45) is 17.8 Å². The lowest BCUT2D eigenvalue weighted by Gasteiger charge is -2.28. The molecule has 22 heavy (non-hydrogen) atoms. The summed E-state index contributed by atoms with van der Waals surface area (Å²) in [6.45, 7) is 5.63. The molecule has 2 saturated carbocycles. The number of rotatable bonds is 4. The first-order valence-electron chi connectivity index (χ1n) is 8.29. The van der Waals surface area contributed by atoms with Crippen molar-refractivity contribution in [1.82, 2.24) is 15.3 Å².